The molecule has 0 aromatic heterocycles. The van der Waals surface area contributed by atoms with Crippen LogP contribution in [0.1, 0.15) is 32.1 Å². The second-order valence-electron chi connectivity index (χ2n) is 3.08. The van der Waals surface area contributed by atoms with Gasteiger partial charge in [-0.3, -0.25) is 0 Å². The molecule has 1 rings (SSSR count). The van der Waals surface area contributed by atoms with Crippen molar-refractivity contribution >= 4 is 0 Å². The van der Waals surface area contributed by atoms with Crippen LogP contribution >= 0.6 is 0 Å². The molecule has 0 unspecified atom stereocenters. The van der Waals surface area contributed by atoms with E-state index in [4.69, 9.17) is 6.42 Å². The number of terminal acetylenes is 1. The van der Waals surface area contributed by atoms with E-state index >= 15 is 0 Å². The molecule has 13 heavy (non-hydrogen) atoms. The molecule has 0 atom stereocenters. The predicted molar refractivity (Wildman–Crippen MR) is 56.9 cm³/mol. The summed E-state index contributed by atoms with van der Waals surface area (Å²) in [5, 5.41) is 0. The Morgan fingerprint density at radius 1 is 1.38 bits per heavy atom. The molecule has 0 spiro atoms. The summed E-state index contributed by atoms with van der Waals surface area (Å²) in [7, 11) is 0. The number of rotatable bonds is 2. The van der Waals surface area contributed by atoms with Crippen LogP contribution < -0.4 is 0 Å². The van der Waals surface area contributed by atoms with Crippen molar-refractivity contribution in [3.05, 3.63) is 23.8 Å². The van der Waals surface area contributed by atoms with Crippen LogP contribution in [0.15, 0.2) is 23.8 Å². The number of hydrogen-bond donors (Lipinski definition) is 0. The van der Waals surface area contributed by atoms with Crippen LogP contribution in [0.5, 0.6) is 0 Å². The van der Waals surface area contributed by atoms with Gasteiger partial charge >= 0.3 is 0 Å². The van der Waals surface area contributed by atoms with Crippen molar-refractivity contribution in [1.82, 2.24) is 0 Å². The third kappa shape index (κ3) is 2.85. The molecule has 0 aromatic rings. The molecule has 0 radical (unpaired) electrons. The van der Waals surface area contributed by atoms with Crippen LogP contribution in [-0.4, -0.2) is 0 Å². The lowest BCUT2D eigenvalue weighted by molar-refractivity contribution is 0.910. The molecular formula is C13H14. The summed E-state index contributed by atoms with van der Waals surface area (Å²) < 4.78 is 0. The van der Waals surface area contributed by atoms with Crippen LogP contribution in [0.4, 0.5) is 0 Å². The van der Waals surface area contributed by atoms with Crippen LogP contribution in [0, 0.1) is 24.2 Å². The monoisotopic (exact) mass is 170 g/mol. The van der Waals surface area contributed by atoms with E-state index in [9.17, 15) is 0 Å². The highest BCUT2D eigenvalue weighted by Gasteiger charge is 2.09. The van der Waals surface area contributed by atoms with E-state index in [1.165, 1.54) is 12.0 Å². The lowest BCUT2D eigenvalue weighted by Crippen LogP contribution is -1.76. The maximum Gasteiger partial charge on any atom is 0.0136 e. The SMILES string of the molecule is C#CC1=C(C#CCCC=C)CCC1. The molecule has 0 fully saturated rings. The fraction of sp³-hybridized carbons (Fsp3) is 0.385. The first kappa shape index (κ1) is 9.69. The van der Waals surface area contributed by atoms with Gasteiger partial charge in [-0.25, -0.2) is 0 Å². The number of hydrogen-bond acceptors (Lipinski definition) is 0. The Bertz CT molecular complexity index is 312. The maximum atomic E-state index is 5.36. The Hall–Kier alpha value is -1.40. The molecule has 0 aliphatic heterocycles. The first-order chi connectivity index (χ1) is 6.38. The molecule has 0 bridgehead atoms. The molecule has 0 nitrogen and oxygen atoms in total. The summed E-state index contributed by atoms with van der Waals surface area (Å²) in [4.78, 5) is 0. The standard InChI is InChI=1S/C13H14/c1-3-5-6-7-9-13-11-8-10-12(13)4-2/h2-3H,1,5-6,8,10-11H2. The average molecular weight is 170 g/mol. The van der Waals surface area contributed by atoms with Gasteiger partial charge in [-0.2, -0.15) is 0 Å². The molecule has 1 aliphatic rings. The van der Waals surface area contributed by atoms with Gasteiger partial charge in [-0.05, 0) is 25.7 Å². The van der Waals surface area contributed by atoms with Gasteiger partial charge in [0.15, 0.2) is 0 Å². The Labute approximate surface area is 80.7 Å². The van der Waals surface area contributed by atoms with Crippen molar-refractivity contribution in [1.29, 1.82) is 0 Å². The Kier molecular flexibility index (Phi) is 3.94. The molecule has 0 amide bonds. The van der Waals surface area contributed by atoms with Crippen molar-refractivity contribution in [2.75, 3.05) is 0 Å². The van der Waals surface area contributed by atoms with E-state index in [2.05, 4.69) is 24.3 Å². The second-order valence-corrected chi connectivity index (χ2v) is 3.08. The van der Waals surface area contributed by atoms with Gasteiger partial charge in [0, 0.05) is 17.6 Å². The Balaban J connectivity index is 2.55. The zero-order chi connectivity index (χ0) is 9.52. The van der Waals surface area contributed by atoms with E-state index < -0.39 is 0 Å². The zero-order valence-electron chi connectivity index (χ0n) is 7.90. The Morgan fingerprint density at radius 2 is 2.15 bits per heavy atom. The molecule has 1 aliphatic carbocycles. The Morgan fingerprint density at radius 3 is 2.85 bits per heavy atom. The predicted octanol–water partition coefficient (Wildman–Crippen LogP) is 3.07. The minimum atomic E-state index is 0.894. The molecular weight excluding hydrogens is 156 g/mol. The average Bonchev–Trinajstić information content (AvgIpc) is 2.60. The minimum absolute atomic E-state index is 0.894. The lowest BCUT2D eigenvalue weighted by Gasteiger charge is -1.89. The summed E-state index contributed by atoms with van der Waals surface area (Å²) in [6.45, 7) is 3.65. The van der Waals surface area contributed by atoms with Crippen LogP contribution in [0.3, 0.4) is 0 Å². The van der Waals surface area contributed by atoms with Gasteiger partial charge in [-0.1, -0.05) is 23.8 Å². The number of allylic oxidation sites excluding steroid dienone is 3. The van der Waals surface area contributed by atoms with Gasteiger partial charge in [0.05, 0.1) is 0 Å². The summed E-state index contributed by atoms with van der Waals surface area (Å²) in [5.74, 6) is 8.99. The third-order valence-electron chi connectivity index (χ3n) is 2.10. The highest BCUT2D eigenvalue weighted by molar-refractivity contribution is 5.44. The van der Waals surface area contributed by atoms with E-state index in [1.54, 1.807) is 0 Å². The molecule has 0 N–H and O–H groups in total. The van der Waals surface area contributed by atoms with E-state index in [0.717, 1.165) is 31.3 Å². The summed E-state index contributed by atoms with van der Waals surface area (Å²) in [6, 6.07) is 0. The quantitative estimate of drug-likeness (QED) is 0.339. The molecule has 0 saturated carbocycles. The fourth-order valence-electron chi connectivity index (χ4n) is 1.38. The first-order valence-electron chi connectivity index (χ1n) is 4.67. The topological polar surface area (TPSA) is 0 Å². The molecule has 66 valence electrons. The lowest BCUT2D eigenvalue weighted by atomic mass is 10.1. The van der Waals surface area contributed by atoms with Crippen molar-refractivity contribution in [2.45, 2.75) is 32.1 Å². The van der Waals surface area contributed by atoms with Crippen molar-refractivity contribution in [3.63, 3.8) is 0 Å². The number of unbranched alkanes of at least 4 members (excludes halogenated alkanes) is 1. The van der Waals surface area contributed by atoms with E-state index in [1.807, 2.05) is 6.08 Å². The van der Waals surface area contributed by atoms with Gasteiger partial charge in [-0.15, -0.1) is 13.0 Å². The van der Waals surface area contributed by atoms with E-state index in [-0.39, 0.29) is 0 Å². The van der Waals surface area contributed by atoms with Crippen molar-refractivity contribution < 1.29 is 0 Å². The first-order valence-corrected chi connectivity index (χ1v) is 4.67. The summed E-state index contributed by atoms with van der Waals surface area (Å²) in [5.41, 5.74) is 2.30. The van der Waals surface area contributed by atoms with Crippen molar-refractivity contribution in [2.24, 2.45) is 0 Å². The fourth-order valence-corrected chi connectivity index (χ4v) is 1.38. The minimum Gasteiger partial charge on any atom is -0.115 e. The largest absolute Gasteiger partial charge is 0.115 e. The normalized spacial score (nSPS) is 14.7. The molecule has 0 heterocycles. The second kappa shape index (κ2) is 5.28. The van der Waals surface area contributed by atoms with Gasteiger partial charge in [0.1, 0.15) is 0 Å². The maximum absolute atomic E-state index is 5.36. The van der Waals surface area contributed by atoms with Crippen LogP contribution in [-0.2, 0) is 0 Å². The van der Waals surface area contributed by atoms with Crippen LogP contribution in [0.2, 0.25) is 0 Å². The molecule has 0 saturated heterocycles. The van der Waals surface area contributed by atoms with Crippen molar-refractivity contribution in [3.8, 4) is 24.2 Å². The van der Waals surface area contributed by atoms with Crippen LogP contribution in [0.25, 0.3) is 0 Å². The van der Waals surface area contributed by atoms with Gasteiger partial charge in [0.25, 0.3) is 0 Å². The van der Waals surface area contributed by atoms with Gasteiger partial charge in [0.2, 0.25) is 0 Å². The molecule has 0 aromatic carbocycles. The zero-order valence-corrected chi connectivity index (χ0v) is 7.90. The summed E-state index contributed by atoms with van der Waals surface area (Å²) >= 11 is 0. The molecule has 0 heteroatoms. The highest BCUT2D eigenvalue weighted by Crippen LogP contribution is 2.24. The van der Waals surface area contributed by atoms with Gasteiger partial charge < -0.3 is 0 Å². The third-order valence-corrected chi connectivity index (χ3v) is 2.10. The highest BCUT2D eigenvalue weighted by atomic mass is 14.1. The summed E-state index contributed by atoms with van der Waals surface area (Å²) in [6.07, 6.45) is 12.4. The van der Waals surface area contributed by atoms with E-state index in [0.29, 0.717) is 0 Å². The smallest absolute Gasteiger partial charge is 0.0136 e.